The maximum Gasteiger partial charge on any atom is 0.320 e. The molecule has 1 unspecified atom stereocenters. The number of carboxylic acids is 1. The molecule has 45 heavy (non-hydrogen) atoms. The Kier molecular flexibility index (Phi) is 11.1. The minimum atomic E-state index is -1.12. The fourth-order valence-corrected chi connectivity index (χ4v) is 6.25. The average molecular weight is 678 g/mol. The molecule has 4 N–H and O–H groups in total. The van der Waals surface area contributed by atoms with Crippen molar-refractivity contribution in [3.05, 3.63) is 105 Å². The molecule has 0 aliphatic carbocycles. The second kappa shape index (κ2) is 14.6. The molecule has 1 amide bonds. The Labute approximate surface area is 273 Å². The molecule has 4 rings (SSSR count). The van der Waals surface area contributed by atoms with E-state index in [1.807, 2.05) is 30.5 Å². The number of carbonyl (C=O) groups is 2. The number of ether oxygens (including phenoxy) is 1. The predicted octanol–water partition coefficient (Wildman–Crippen LogP) is 7.01. The summed E-state index contributed by atoms with van der Waals surface area (Å²) < 4.78 is 36.5. The highest BCUT2D eigenvalue weighted by Crippen LogP contribution is 2.39. The Morgan fingerprint density at radius 1 is 1.11 bits per heavy atom. The van der Waals surface area contributed by atoms with E-state index in [2.05, 4.69) is 10.3 Å². The third kappa shape index (κ3) is 7.96. The summed E-state index contributed by atoms with van der Waals surface area (Å²) in [4.78, 5) is 28.1. The topological polar surface area (TPSA) is 119 Å². The number of thioether (sulfide) groups is 1. The molecule has 0 saturated heterocycles. The van der Waals surface area contributed by atoms with Crippen molar-refractivity contribution in [1.29, 1.82) is 0 Å². The van der Waals surface area contributed by atoms with E-state index in [1.54, 1.807) is 31.5 Å². The fraction of sp³-hybridized carbons (Fsp3) is 0.281. The van der Waals surface area contributed by atoms with E-state index in [1.165, 1.54) is 30.0 Å². The van der Waals surface area contributed by atoms with Crippen LogP contribution < -0.4 is 15.8 Å². The number of carboxylic acid groups (broad SMARTS) is 1. The summed E-state index contributed by atoms with van der Waals surface area (Å²) in [6.07, 6.45) is 2.25. The standard InChI is InChI=1S/C32H32Cl2F2N4O4S/c1-32(2,19-6-11-23(33)27(15-19)44-3)28-16-39-31(40(28)21-9-7-20(35)8-10-21)45-17-22-24(34)13-18(14-25(22)36)29(41)38-12-4-5-26(37)30(42)43/h6-11,13-16,26H,4-5,12,17,37H2,1-3H3,(H,38,41)(H,42,43). The summed E-state index contributed by atoms with van der Waals surface area (Å²) in [5.41, 5.74) is 7.41. The Morgan fingerprint density at radius 3 is 2.47 bits per heavy atom. The molecule has 3 aromatic carbocycles. The number of carbonyl (C=O) groups excluding carboxylic acids is 1. The second-order valence-electron chi connectivity index (χ2n) is 10.8. The number of nitrogens with one attached hydrogen (secondary N) is 1. The first-order valence-electron chi connectivity index (χ1n) is 13.9. The van der Waals surface area contributed by atoms with Gasteiger partial charge in [-0.2, -0.15) is 0 Å². The molecular weight excluding hydrogens is 645 g/mol. The van der Waals surface area contributed by atoms with Gasteiger partial charge in [-0.3, -0.25) is 14.2 Å². The van der Waals surface area contributed by atoms with Gasteiger partial charge in [0.1, 0.15) is 23.4 Å². The van der Waals surface area contributed by atoms with E-state index >= 15 is 4.39 Å². The van der Waals surface area contributed by atoms with Crippen molar-refractivity contribution in [3.63, 3.8) is 0 Å². The van der Waals surface area contributed by atoms with Crippen LogP contribution in [0.3, 0.4) is 0 Å². The molecule has 1 aromatic heterocycles. The summed E-state index contributed by atoms with van der Waals surface area (Å²) in [5.74, 6) is -2.11. The first-order chi connectivity index (χ1) is 21.3. The number of methoxy groups -OCH3 is 1. The van der Waals surface area contributed by atoms with Gasteiger partial charge in [0.05, 0.1) is 24.0 Å². The van der Waals surface area contributed by atoms with Crippen molar-refractivity contribution in [3.8, 4) is 11.4 Å². The Balaban J connectivity index is 1.59. The minimum absolute atomic E-state index is 0.0315. The zero-order valence-electron chi connectivity index (χ0n) is 24.7. The number of hydrogen-bond donors (Lipinski definition) is 3. The number of amides is 1. The van der Waals surface area contributed by atoms with Crippen LogP contribution in [0.4, 0.5) is 8.78 Å². The number of aliphatic carboxylic acids is 1. The van der Waals surface area contributed by atoms with Crippen LogP contribution >= 0.6 is 35.0 Å². The minimum Gasteiger partial charge on any atom is -0.495 e. The van der Waals surface area contributed by atoms with Crippen molar-refractivity contribution >= 4 is 46.8 Å². The van der Waals surface area contributed by atoms with Crippen molar-refractivity contribution in [2.75, 3.05) is 13.7 Å². The molecule has 8 nitrogen and oxygen atoms in total. The van der Waals surface area contributed by atoms with E-state index in [0.717, 1.165) is 17.3 Å². The number of hydrogen-bond acceptors (Lipinski definition) is 6. The van der Waals surface area contributed by atoms with Crippen LogP contribution in [0.25, 0.3) is 5.69 Å². The van der Waals surface area contributed by atoms with E-state index in [4.69, 9.17) is 38.8 Å². The highest BCUT2D eigenvalue weighted by atomic mass is 35.5. The van der Waals surface area contributed by atoms with Crippen LogP contribution in [0.2, 0.25) is 10.0 Å². The average Bonchev–Trinajstić information content (AvgIpc) is 3.43. The zero-order chi connectivity index (χ0) is 32.9. The van der Waals surface area contributed by atoms with E-state index in [0.29, 0.717) is 28.0 Å². The van der Waals surface area contributed by atoms with Gasteiger partial charge >= 0.3 is 5.97 Å². The molecule has 0 spiro atoms. The Hall–Kier alpha value is -3.64. The number of benzene rings is 3. The third-order valence-electron chi connectivity index (χ3n) is 7.37. The smallest absolute Gasteiger partial charge is 0.320 e. The van der Waals surface area contributed by atoms with Gasteiger partial charge in [-0.1, -0.05) is 54.9 Å². The summed E-state index contributed by atoms with van der Waals surface area (Å²) in [7, 11) is 1.54. The zero-order valence-corrected chi connectivity index (χ0v) is 27.1. The van der Waals surface area contributed by atoms with Crippen LogP contribution in [-0.4, -0.2) is 46.2 Å². The number of rotatable bonds is 13. The van der Waals surface area contributed by atoms with E-state index < -0.39 is 35.0 Å². The Bertz CT molecular complexity index is 1680. The van der Waals surface area contributed by atoms with Gasteiger partial charge < -0.3 is 20.9 Å². The number of imidazole rings is 1. The predicted molar refractivity (Wildman–Crippen MR) is 172 cm³/mol. The monoisotopic (exact) mass is 676 g/mol. The fourth-order valence-electron chi connectivity index (χ4n) is 4.67. The quantitative estimate of drug-likeness (QED) is 0.103. The van der Waals surface area contributed by atoms with Gasteiger partial charge in [0, 0.05) is 39.5 Å². The molecule has 0 saturated carbocycles. The first-order valence-corrected chi connectivity index (χ1v) is 15.6. The van der Waals surface area contributed by atoms with Crippen molar-refractivity contribution in [2.45, 2.75) is 49.1 Å². The number of aromatic nitrogens is 2. The normalized spacial score (nSPS) is 12.2. The van der Waals surface area contributed by atoms with Crippen LogP contribution in [0.1, 0.15) is 53.9 Å². The molecule has 1 heterocycles. The lowest BCUT2D eigenvalue weighted by atomic mass is 9.81. The molecule has 4 aromatic rings. The molecule has 0 radical (unpaired) electrons. The number of halogens is 4. The molecule has 238 valence electrons. The van der Waals surface area contributed by atoms with Crippen molar-refractivity contribution in [2.24, 2.45) is 5.73 Å². The lowest BCUT2D eigenvalue weighted by Crippen LogP contribution is -2.32. The molecule has 1 atom stereocenters. The molecule has 0 bridgehead atoms. The van der Waals surface area contributed by atoms with Gasteiger partial charge in [0.15, 0.2) is 5.16 Å². The number of nitrogens with two attached hydrogens (primary N) is 1. The van der Waals surface area contributed by atoms with Crippen LogP contribution in [0, 0.1) is 11.6 Å². The van der Waals surface area contributed by atoms with Crippen LogP contribution in [0.5, 0.6) is 5.75 Å². The molecule has 13 heteroatoms. The van der Waals surface area contributed by atoms with Gasteiger partial charge in [-0.05, 0) is 66.9 Å². The molecule has 0 fully saturated rings. The molecule has 0 aliphatic rings. The third-order valence-corrected chi connectivity index (χ3v) is 9.00. The van der Waals surface area contributed by atoms with Crippen molar-refractivity contribution in [1.82, 2.24) is 14.9 Å². The largest absolute Gasteiger partial charge is 0.495 e. The lowest BCUT2D eigenvalue weighted by molar-refractivity contribution is -0.138. The highest BCUT2D eigenvalue weighted by molar-refractivity contribution is 7.98. The van der Waals surface area contributed by atoms with Crippen LogP contribution in [0.15, 0.2) is 66.0 Å². The van der Waals surface area contributed by atoms with Gasteiger partial charge in [-0.25, -0.2) is 13.8 Å². The van der Waals surface area contributed by atoms with E-state index in [-0.39, 0.29) is 34.9 Å². The summed E-state index contributed by atoms with van der Waals surface area (Å²) >= 11 is 14.0. The molecule has 0 aliphatic heterocycles. The maximum absolute atomic E-state index is 15.3. The van der Waals surface area contributed by atoms with Gasteiger partial charge in [-0.15, -0.1) is 0 Å². The highest BCUT2D eigenvalue weighted by Gasteiger charge is 2.30. The van der Waals surface area contributed by atoms with E-state index in [9.17, 15) is 14.0 Å². The second-order valence-corrected chi connectivity index (χ2v) is 12.5. The maximum atomic E-state index is 15.3. The lowest BCUT2D eigenvalue weighted by Gasteiger charge is -2.28. The van der Waals surface area contributed by atoms with Crippen molar-refractivity contribution < 1.29 is 28.2 Å². The van der Waals surface area contributed by atoms with Gasteiger partial charge in [0.2, 0.25) is 0 Å². The summed E-state index contributed by atoms with van der Waals surface area (Å²) in [6, 6.07) is 13.0. The SMILES string of the molecule is COc1cc(C(C)(C)c2cnc(SCc3c(F)cc(C(=O)NCCCC(N)C(=O)O)cc3Cl)n2-c2ccc(F)cc2)ccc1Cl. The summed E-state index contributed by atoms with van der Waals surface area (Å²) in [5, 5.41) is 12.5. The van der Waals surface area contributed by atoms with Gasteiger partial charge in [0.25, 0.3) is 5.91 Å². The Morgan fingerprint density at radius 2 is 1.82 bits per heavy atom. The summed E-state index contributed by atoms with van der Waals surface area (Å²) in [6.45, 7) is 4.20. The van der Waals surface area contributed by atoms with Crippen LogP contribution in [-0.2, 0) is 16.0 Å². The number of nitrogens with zero attached hydrogens (tertiary/aromatic N) is 2. The molecular formula is C32H32Cl2F2N4O4S. The first kappa shape index (κ1) is 34.2.